The Bertz CT molecular complexity index is 1160. The number of carbonyl (C=O) groups excluding carboxylic acids is 1. The Labute approximate surface area is 182 Å². The number of carbonyl (C=O) groups is 1. The van der Waals surface area contributed by atoms with Crippen molar-refractivity contribution in [3.8, 4) is 5.75 Å². The number of methoxy groups -OCH3 is 1. The van der Waals surface area contributed by atoms with E-state index in [1.807, 2.05) is 6.07 Å². The minimum absolute atomic E-state index is 0.0642. The minimum atomic E-state index is -3.63. The van der Waals surface area contributed by atoms with Crippen LogP contribution in [0.5, 0.6) is 5.75 Å². The molecule has 11 heteroatoms. The van der Waals surface area contributed by atoms with E-state index in [1.165, 1.54) is 62.5 Å². The third-order valence-electron chi connectivity index (χ3n) is 3.88. The summed E-state index contributed by atoms with van der Waals surface area (Å²) in [4.78, 5) is 17.0. The van der Waals surface area contributed by atoms with Crippen LogP contribution in [-0.2, 0) is 14.8 Å². The van der Waals surface area contributed by atoms with Crippen LogP contribution in [0.4, 0.5) is 5.69 Å². The van der Waals surface area contributed by atoms with Crippen LogP contribution < -0.4 is 10.1 Å². The number of thioether (sulfide) groups is 1. The first-order valence-corrected chi connectivity index (χ1v) is 11.9. The molecule has 1 amide bonds. The molecular weight excluding hydrogens is 454 g/mol. The lowest BCUT2D eigenvalue weighted by Crippen LogP contribution is -2.22. The lowest BCUT2D eigenvalue weighted by molar-refractivity contribution is -0.113. The van der Waals surface area contributed by atoms with E-state index in [0.29, 0.717) is 10.8 Å². The minimum Gasteiger partial charge on any atom is -0.495 e. The Morgan fingerprint density at radius 2 is 2.03 bits per heavy atom. The van der Waals surface area contributed by atoms with Gasteiger partial charge in [-0.25, -0.2) is 17.7 Å². The summed E-state index contributed by atoms with van der Waals surface area (Å²) in [7, 11) is 0.707. The average Bonchev–Trinajstić information content (AvgIpc) is 3.08. The van der Waals surface area contributed by atoms with E-state index >= 15 is 0 Å². The molecule has 0 aliphatic rings. The molecule has 0 fully saturated rings. The molecule has 0 atom stereocenters. The zero-order valence-electron chi connectivity index (χ0n) is 15.8. The zero-order valence-corrected chi connectivity index (χ0v) is 19.0. The largest absolute Gasteiger partial charge is 0.495 e. The maximum atomic E-state index is 12.4. The summed E-state index contributed by atoms with van der Waals surface area (Å²) in [6.07, 6.45) is 0. The van der Waals surface area contributed by atoms with Crippen LogP contribution in [0.25, 0.3) is 10.2 Å². The predicted molar refractivity (Wildman–Crippen MR) is 118 cm³/mol. The molecule has 1 heterocycles. The molecule has 0 bridgehead atoms. The van der Waals surface area contributed by atoms with Gasteiger partial charge in [0, 0.05) is 19.1 Å². The summed E-state index contributed by atoms with van der Waals surface area (Å²) in [6.45, 7) is 0. The Hall–Kier alpha value is -1.85. The fourth-order valence-electron chi connectivity index (χ4n) is 2.41. The first-order chi connectivity index (χ1) is 13.7. The van der Waals surface area contributed by atoms with E-state index in [0.717, 1.165) is 18.9 Å². The van der Waals surface area contributed by atoms with Crippen molar-refractivity contribution in [1.29, 1.82) is 0 Å². The number of anilines is 1. The predicted octanol–water partition coefficient (Wildman–Crippen LogP) is 3.94. The van der Waals surface area contributed by atoms with Crippen molar-refractivity contribution < 1.29 is 17.9 Å². The van der Waals surface area contributed by atoms with Crippen molar-refractivity contribution in [3.63, 3.8) is 0 Å². The normalized spacial score (nSPS) is 11.8. The molecule has 0 saturated heterocycles. The molecule has 1 N–H and O–H groups in total. The van der Waals surface area contributed by atoms with E-state index in [4.69, 9.17) is 16.3 Å². The summed E-state index contributed by atoms with van der Waals surface area (Å²) >= 11 is 8.74. The van der Waals surface area contributed by atoms with E-state index in [1.54, 1.807) is 12.1 Å². The molecule has 2 aromatic carbocycles. The SMILES string of the molecule is COc1ccc(S(=O)(=O)N(C)C)cc1NC(=O)CSc1nc2cc(Cl)ccc2s1. The van der Waals surface area contributed by atoms with Crippen LogP contribution in [0.2, 0.25) is 5.02 Å². The number of hydrogen-bond acceptors (Lipinski definition) is 7. The van der Waals surface area contributed by atoms with Crippen molar-refractivity contribution in [2.24, 2.45) is 0 Å². The maximum absolute atomic E-state index is 12.4. The summed E-state index contributed by atoms with van der Waals surface area (Å²) in [5.74, 6) is 0.183. The highest BCUT2D eigenvalue weighted by Crippen LogP contribution is 2.32. The number of thiazole rings is 1. The van der Waals surface area contributed by atoms with E-state index in [-0.39, 0.29) is 22.2 Å². The second-order valence-corrected chi connectivity index (χ2v) is 10.9. The summed E-state index contributed by atoms with van der Waals surface area (Å²) < 4.78 is 32.8. The molecule has 0 radical (unpaired) electrons. The van der Waals surface area contributed by atoms with Gasteiger partial charge in [-0.3, -0.25) is 4.79 Å². The van der Waals surface area contributed by atoms with Crippen molar-refractivity contribution in [1.82, 2.24) is 9.29 Å². The number of aromatic nitrogens is 1. The third kappa shape index (κ3) is 5.01. The molecule has 7 nitrogen and oxygen atoms in total. The maximum Gasteiger partial charge on any atom is 0.242 e. The second kappa shape index (κ2) is 8.88. The smallest absolute Gasteiger partial charge is 0.242 e. The number of nitrogens with zero attached hydrogens (tertiary/aromatic N) is 2. The topological polar surface area (TPSA) is 88.6 Å². The fourth-order valence-corrected chi connectivity index (χ4v) is 5.35. The highest BCUT2D eigenvalue weighted by atomic mass is 35.5. The number of ether oxygens (including phenoxy) is 1. The van der Waals surface area contributed by atoms with Crippen molar-refractivity contribution in [3.05, 3.63) is 41.4 Å². The van der Waals surface area contributed by atoms with Gasteiger partial charge in [-0.15, -0.1) is 11.3 Å². The Balaban J connectivity index is 1.73. The van der Waals surface area contributed by atoms with Gasteiger partial charge < -0.3 is 10.1 Å². The van der Waals surface area contributed by atoms with Crippen LogP contribution in [0.15, 0.2) is 45.6 Å². The van der Waals surface area contributed by atoms with Crippen LogP contribution in [0.3, 0.4) is 0 Å². The Morgan fingerprint density at radius 3 is 2.72 bits per heavy atom. The van der Waals surface area contributed by atoms with Gasteiger partial charge in [0.2, 0.25) is 15.9 Å². The van der Waals surface area contributed by atoms with E-state index in [9.17, 15) is 13.2 Å². The Kier molecular flexibility index (Phi) is 6.69. The molecule has 29 heavy (non-hydrogen) atoms. The van der Waals surface area contributed by atoms with Crippen LogP contribution >= 0.6 is 34.7 Å². The molecule has 0 aliphatic heterocycles. The number of benzene rings is 2. The van der Waals surface area contributed by atoms with E-state index < -0.39 is 10.0 Å². The standard InChI is InChI=1S/C18H18ClN3O4S3/c1-22(2)29(24,25)12-5-6-15(26-3)13(9-12)20-17(23)10-27-18-21-14-8-11(19)4-7-16(14)28-18/h4-9H,10H2,1-3H3,(H,20,23). The third-order valence-corrected chi connectivity index (χ3v) is 8.11. The number of rotatable bonds is 7. The van der Waals surface area contributed by atoms with Gasteiger partial charge in [0.15, 0.2) is 4.34 Å². The van der Waals surface area contributed by atoms with Crippen LogP contribution in [-0.4, -0.2) is 50.6 Å². The molecule has 0 saturated carbocycles. The van der Waals surface area contributed by atoms with Crippen molar-refractivity contribution in [2.75, 3.05) is 32.3 Å². The lowest BCUT2D eigenvalue weighted by Gasteiger charge is -2.15. The molecule has 3 aromatic rings. The first-order valence-electron chi connectivity index (χ1n) is 8.30. The van der Waals surface area contributed by atoms with Crippen LogP contribution in [0, 0.1) is 0 Å². The molecule has 0 aliphatic carbocycles. The quantitative estimate of drug-likeness (QED) is 0.525. The zero-order chi connectivity index (χ0) is 21.2. The lowest BCUT2D eigenvalue weighted by atomic mass is 10.3. The van der Waals surface area contributed by atoms with E-state index in [2.05, 4.69) is 10.3 Å². The van der Waals surface area contributed by atoms with Gasteiger partial charge in [-0.1, -0.05) is 23.4 Å². The molecule has 154 valence electrons. The average molecular weight is 472 g/mol. The van der Waals surface area contributed by atoms with Gasteiger partial charge in [0.25, 0.3) is 0 Å². The van der Waals surface area contributed by atoms with Crippen molar-refractivity contribution in [2.45, 2.75) is 9.24 Å². The van der Waals surface area contributed by atoms with Crippen molar-refractivity contribution >= 4 is 66.5 Å². The Morgan fingerprint density at radius 1 is 1.28 bits per heavy atom. The van der Waals surface area contributed by atoms with Gasteiger partial charge in [0.1, 0.15) is 5.75 Å². The summed E-state index contributed by atoms with van der Waals surface area (Å²) in [5, 5.41) is 3.32. The number of halogens is 1. The molecule has 0 spiro atoms. The molecule has 0 unspecified atom stereocenters. The summed E-state index contributed by atoms with van der Waals surface area (Å²) in [5.41, 5.74) is 1.07. The number of nitrogens with one attached hydrogen (secondary N) is 1. The monoisotopic (exact) mass is 471 g/mol. The van der Waals surface area contributed by atoms with Gasteiger partial charge in [0.05, 0.1) is 33.7 Å². The second-order valence-electron chi connectivity index (χ2n) is 6.08. The van der Waals surface area contributed by atoms with Gasteiger partial charge in [-0.05, 0) is 36.4 Å². The number of fused-ring (bicyclic) bond motifs is 1. The highest BCUT2D eigenvalue weighted by Gasteiger charge is 2.20. The number of sulfonamides is 1. The fraction of sp³-hybridized carbons (Fsp3) is 0.222. The van der Waals surface area contributed by atoms with Gasteiger partial charge in [-0.2, -0.15) is 0 Å². The number of hydrogen-bond donors (Lipinski definition) is 1. The highest BCUT2D eigenvalue weighted by molar-refractivity contribution is 8.01. The van der Waals surface area contributed by atoms with Gasteiger partial charge >= 0.3 is 0 Å². The molecular formula is C18H18ClN3O4S3. The first kappa shape index (κ1) is 21.8. The molecule has 3 rings (SSSR count). The van der Waals surface area contributed by atoms with Crippen LogP contribution in [0.1, 0.15) is 0 Å². The number of amides is 1. The molecule has 1 aromatic heterocycles. The summed E-state index contributed by atoms with van der Waals surface area (Å²) in [6, 6.07) is 9.79.